The second-order valence-electron chi connectivity index (χ2n) is 12.6. The summed E-state index contributed by atoms with van der Waals surface area (Å²) in [7, 11) is 0. The molecule has 45 heavy (non-hydrogen) atoms. The summed E-state index contributed by atoms with van der Waals surface area (Å²) in [5.41, 5.74) is -1.09. The van der Waals surface area contributed by atoms with Gasteiger partial charge in [0.15, 0.2) is 0 Å². The Morgan fingerprint density at radius 1 is 1.00 bits per heavy atom. The van der Waals surface area contributed by atoms with E-state index in [1.165, 1.54) is 27.8 Å². The number of nitrogens with one attached hydrogen (secondary N) is 2. The third-order valence-electron chi connectivity index (χ3n) is 8.76. The minimum absolute atomic E-state index is 0.00158. The summed E-state index contributed by atoms with van der Waals surface area (Å²) in [6.07, 6.45) is 1.70. The lowest BCUT2D eigenvalue weighted by atomic mass is 9.70. The van der Waals surface area contributed by atoms with Gasteiger partial charge in [0.25, 0.3) is 17.6 Å². The zero-order chi connectivity index (χ0) is 32.8. The number of aromatic nitrogens is 6. The van der Waals surface area contributed by atoms with Gasteiger partial charge >= 0.3 is 0 Å². The maximum atomic E-state index is 14.2. The Morgan fingerprint density at radius 2 is 1.64 bits per heavy atom. The van der Waals surface area contributed by atoms with Crippen LogP contribution < -0.4 is 10.6 Å². The molecule has 3 aromatic heterocycles. The third kappa shape index (κ3) is 7.08. The molecule has 0 aromatic carbocycles. The highest BCUT2D eigenvalue weighted by atomic mass is 19.3. The van der Waals surface area contributed by atoms with Crippen LogP contribution in [0.3, 0.4) is 0 Å². The first-order valence-corrected chi connectivity index (χ1v) is 15.0. The van der Waals surface area contributed by atoms with Gasteiger partial charge in [0.1, 0.15) is 5.69 Å². The molecule has 2 saturated carbocycles. The van der Waals surface area contributed by atoms with Crippen LogP contribution in [0.25, 0.3) is 5.78 Å². The molecule has 0 spiro atoms. The number of fused-ring (bicyclic) bond motifs is 1. The summed E-state index contributed by atoms with van der Waals surface area (Å²) in [5, 5.41) is 13.6. The molecule has 2 amide bonds. The third-order valence-corrected chi connectivity index (χ3v) is 8.76. The molecule has 2 fully saturated rings. The van der Waals surface area contributed by atoms with Gasteiger partial charge in [-0.3, -0.25) is 14.3 Å². The minimum Gasteiger partial charge on any atom is -0.349 e. The molecule has 2 aliphatic carbocycles. The Bertz CT molecular complexity index is 1530. The average molecular weight is 643 g/mol. The van der Waals surface area contributed by atoms with Gasteiger partial charge < -0.3 is 10.6 Å². The van der Waals surface area contributed by atoms with E-state index in [1.807, 2.05) is 13.8 Å². The van der Waals surface area contributed by atoms with Crippen LogP contribution in [0.5, 0.6) is 0 Å². The van der Waals surface area contributed by atoms with Crippen molar-refractivity contribution in [3.8, 4) is 0 Å². The first-order chi connectivity index (χ1) is 21.0. The monoisotopic (exact) mass is 642 g/mol. The largest absolute Gasteiger partial charge is 0.349 e. The zero-order valence-corrected chi connectivity index (χ0v) is 25.2. The molecule has 1 atom stereocenters. The number of carbonyl (C=O) groups is 2. The Labute approximate surface area is 255 Å². The maximum Gasteiger partial charge on any atom is 0.270 e. The number of carbonyl (C=O) groups excluding carboxylic acids is 2. The number of hydrogen-bond acceptors (Lipinski definition) is 6. The summed E-state index contributed by atoms with van der Waals surface area (Å²) in [5.74, 6) is -10.8. The summed E-state index contributed by atoms with van der Waals surface area (Å²) in [6.45, 7) is 3.36. The lowest BCUT2D eigenvalue weighted by Crippen LogP contribution is -2.51. The Morgan fingerprint density at radius 3 is 2.27 bits per heavy atom. The van der Waals surface area contributed by atoms with Gasteiger partial charge in [-0.2, -0.15) is 10.2 Å². The lowest BCUT2D eigenvalue weighted by molar-refractivity contribution is -0.134. The minimum atomic E-state index is -3.22. The van der Waals surface area contributed by atoms with Crippen LogP contribution in [-0.4, -0.2) is 65.5 Å². The summed E-state index contributed by atoms with van der Waals surface area (Å²) in [4.78, 5) is 35.7. The SMILES string of the molecule is CC(C)n1nccc1C(=O)N[C@H](c1cn2ncc(C3(C(=O)NCC(C)(F)F)CCC(F)(F)CC3)nc2n1)C1CCC(F)(F)CC1. The van der Waals surface area contributed by atoms with Gasteiger partial charge in [0.2, 0.25) is 17.8 Å². The fourth-order valence-corrected chi connectivity index (χ4v) is 6.17. The summed E-state index contributed by atoms with van der Waals surface area (Å²) >= 11 is 0. The highest BCUT2D eigenvalue weighted by Gasteiger charge is 2.50. The van der Waals surface area contributed by atoms with Crippen LogP contribution in [0.1, 0.15) is 106 Å². The molecular weight excluding hydrogens is 606 g/mol. The molecule has 3 heterocycles. The van der Waals surface area contributed by atoms with Crippen molar-refractivity contribution in [2.75, 3.05) is 6.54 Å². The van der Waals surface area contributed by atoms with Crippen molar-refractivity contribution in [1.82, 2.24) is 40.0 Å². The van der Waals surface area contributed by atoms with Crippen LogP contribution in [0.2, 0.25) is 0 Å². The molecule has 5 rings (SSSR count). The van der Waals surface area contributed by atoms with Crippen LogP contribution in [0.15, 0.2) is 24.7 Å². The highest BCUT2D eigenvalue weighted by molar-refractivity contribution is 5.92. The van der Waals surface area contributed by atoms with Gasteiger partial charge in [-0.25, -0.2) is 40.8 Å². The van der Waals surface area contributed by atoms with Crippen molar-refractivity contribution in [3.63, 3.8) is 0 Å². The van der Waals surface area contributed by atoms with E-state index in [1.54, 1.807) is 6.07 Å². The van der Waals surface area contributed by atoms with E-state index in [9.17, 15) is 35.9 Å². The molecule has 2 N–H and O–H groups in total. The van der Waals surface area contributed by atoms with Crippen LogP contribution >= 0.6 is 0 Å². The first kappa shape index (κ1) is 32.7. The fraction of sp³-hybridized carbons (Fsp3) is 0.655. The lowest BCUT2D eigenvalue weighted by Gasteiger charge is -2.38. The molecule has 0 bridgehead atoms. The van der Waals surface area contributed by atoms with E-state index in [-0.39, 0.29) is 67.4 Å². The second kappa shape index (κ2) is 11.9. The van der Waals surface area contributed by atoms with E-state index in [4.69, 9.17) is 0 Å². The molecule has 0 radical (unpaired) electrons. The number of alkyl halides is 6. The number of halogens is 6. The second-order valence-corrected chi connectivity index (χ2v) is 12.6. The van der Waals surface area contributed by atoms with Gasteiger partial charge in [0, 0.05) is 44.8 Å². The van der Waals surface area contributed by atoms with Gasteiger partial charge in [-0.1, -0.05) is 0 Å². The predicted octanol–water partition coefficient (Wildman–Crippen LogP) is 5.42. The topological polar surface area (TPSA) is 119 Å². The van der Waals surface area contributed by atoms with E-state index >= 15 is 0 Å². The van der Waals surface area contributed by atoms with Crippen molar-refractivity contribution in [1.29, 1.82) is 0 Å². The molecule has 10 nitrogen and oxygen atoms in total. The zero-order valence-electron chi connectivity index (χ0n) is 25.2. The summed E-state index contributed by atoms with van der Waals surface area (Å²) in [6, 6.07) is 0.614. The van der Waals surface area contributed by atoms with Gasteiger partial charge in [-0.15, -0.1) is 0 Å². The van der Waals surface area contributed by atoms with Gasteiger partial charge in [0.05, 0.1) is 41.8 Å². The molecule has 2 aliphatic rings. The summed E-state index contributed by atoms with van der Waals surface area (Å²) < 4.78 is 86.4. The molecule has 16 heteroatoms. The smallest absolute Gasteiger partial charge is 0.270 e. The number of rotatable bonds is 9. The van der Waals surface area contributed by atoms with Gasteiger partial charge in [-0.05, 0) is 51.5 Å². The molecule has 0 unspecified atom stereocenters. The van der Waals surface area contributed by atoms with Crippen molar-refractivity contribution in [3.05, 3.63) is 41.7 Å². The molecule has 246 valence electrons. The van der Waals surface area contributed by atoms with E-state index in [2.05, 4.69) is 30.8 Å². The quantitative estimate of drug-likeness (QED) is 0.301. The Balaban J connectivity index is 1.49. The van der Waals surface area contributed by atoms with Crippen molar-refractivity contribution in [2.24, 2.45) is 5.92 Å². The normalized spacial score (nSPS) is 20.7. The number of hydrogen-bond donors (Lipinski definition) is 2. The Kier molecular flexibility index (Phi) is 8.64. The molecule has 0 aliphatic heterocycles. The van der Waals surface area contributed by atoms with E-state index in [0.29, 0.717) is 6.92 Å². The molecular formula is C29H36F6N8O2. The number of nitrogens with zero attached hydrogens (tertiary/aromatic N) is 6. The fourth-order valence-electron chi connectivity index (χ4n) is 6.17. The number of imidazole rings is 1. The molecule has 0 saturated heterocycles. The maximum absolute atomic E-state index is 14.2. The van der Waals surface area contributed by atoms with E-state index in [0.717, 1.165) is 0 Å². The Hall–Kier alpha value is -3.72. The van der Waals surface area contributed by atoms with Crippen molar-refractivity contribution >= 4 is 17.6 Å². The predicted molar refractivity (Wildman–Crippen MR) is 149 cm³/mol. The van der Waals surface area contributed by atoms with Crippen LogP contribution in [-0.2, 0) is 10.2 Å². The average Bonchev–Trinajstić information content (AvgIpc) is 3.62. The molecule has 3 aromatic rings. The van der Waals surface area contributed by atoms with Crippen molar-refractivity contribution in [2.45, 2.75) is 107 Å². The number of amides is 2. The first-order valence-electron chi connectivity index (χ1n) is 15.0. The van der Waals surface area contributed by atoms with Crippen LogP contribution in [0, 0.1) is 5.92 Å². The van der Waals surface area contributed by atoms with Crippen molar-refractivity contribution < 1.29 is 35.9 Å². The highest BCUT2D eigenvalue weighted by Crippen LogP contribution is 2.45. The van der Waals surface area contributed by atoms with E-state index < -0.39 is 66.3 Å². The standard InChI is InChI=1S/C29H36F6N8O2/c1-17(2)43-20(6-13-37-43)23(44)41-22(18-4-7-28(32,33)8-5-18)19-15-42-25(39-19)40-21(14-38-42)27(9-11-29(34,35)12-10-27)24(45)36-16-26(3,30)31/h6,13-15,17-18,22H,4-5,7-12,16H2,1-3H3,(H,36,45)(H,41,44)/t22-/m0/s1. The van der Waals surface area contributed by atoms with Crippen LogP contribution in [0.4, 0.5) is 26.3 Å².